The number of carbonyl (C=O) groups is 1. The van der Waals surface area contributed by atoms with Crippen LogP contribution in [0.1, 0.15) is 52.9 Å². The minimum atomic E-state index is 0.0983. The molecule has 0 unspecified atom stereocenters. The molecule has 116 valence electrons. The van der Waals surface area contributed by atoms with Crippen LogP contribution in [0.2, 0.25) is 0 Å². The van der Waals surface area contributed by atoms with Crippen LogP contribution in [0, 0.1) is 5.41 Å². The van der Waals surface area contributed by atoms with Crippen LogP contribution in [0.15, 0.2) is 40.5 Å². The molecule has 1 aromatic carbocycles. The fraction of sp³-hybridized carbons (Fsp3) is 0.474. The zero-order valence-corrected chi connectivity index (χ0v) is 13.7. The third-order valence-electron chi connectivity index (χ3n) is 5.24. The summed E-state index contributed by atoms with van der Waals surface area (Å²) in [4.78, 5) is 17.6. The minimum absolute atomic E-state index is 0.0983. The van der Waals surface area contributed by atoms with Crippen LogP contribution in [-0.4, -0.2) is 11.5 Å². The van der Waals surface area contributed by atoms with Crippen LogP contribution in [0.4, 0.5) is 11.4 Å². The van der Waals surface area contributed by atoms with Gasteiger partial charge in [0, 0.05) is 12.1 Å². The summed E-state index contributed by atoms with van der Waals surface area (Å²) < 4.78 is 0. The average Bonchev–Trinajstić information content (AvgIpc) is 2.70. The topological polar surface area (TPSA) is 41.5 Å². The van der Waals surface area contributed by atoms with Gasteiger partial charge in [-0.05, 0) is 43.2 Å². The lowest BCUT2D eigenvalue weighted by Gasteiger charge is -2.37. The first-order chi connectivity index (χ1) is 10.6. The fourth-order valence-corrected chi connectivity index (χ4v) is 3.61. The third kappa shape index (κ3) is 2.39. The van der Waals surface area contributed by atoms with Crippen molar-refractivity contribution in [2.75, 3.05) is 5.32 Å². The number of hydrogen-bond acceptors (Lipinski definition) is 3. The number of benzene rings is 1. The molecule has 0 saturated heterocycles. The van der Waals surface area contributed by atoms with Gasteiger partial charge in [0.25, 0.3) is 0 Å². The first kappa shape index (κ1) is 15.0. The summed E-state index contributed by atoms with van der Waals surface area (Å²) in [5.74, 6) is 0.255. The van der Waals surface area contributed by atoms with Gasteiger partial charge in [0.15, 0.2) is 5.78 Å². The molecule has 0 spiro atoms. The Bertz CT molecular complexity index is 666. The number of allylic oxidation sites excluding steroid dienone is 2. The van der Waals surface area contributed by atoms with E-state index >= 15 is 0 Å². The summed E-state index contributed by atoms with van der Waals surface area (Å²) in [6.07, 6.45) is 4.44. The van der Waals surface area contributed by atoms with E-state index in [9.17, 15) is 4.79 Å². The Hall–Kier alpha value is -1.90. The van der Waals surface area contributed by atoms with Crippen LogP contribution in [0.3, 0.4) is 0 Å². The predicted molar refractivity (Wildman–Crippen MR) is 91.7 cm³/mol. The number of nitrogens with one attached hydrogen (secondary N) is 1. The lowest BCUT2D eigenvalue weighted by Crippen LogP contribution is -2.34. The van der Waals surface area contributed by atoms with Gasteiger partial charge in [-0.2, -0.15) is 0 Å². The molecule has 0 atom stereocenters. The van der Waals surface area contributed by atoms with Crippen molar-refractivity contribution in [2.45, 2.75) is 52.9 Å². The second-order valence-corrected chi connectivity index (χ2v) is 6.39. The third-order valence-corrected chi connectivity index (χ3v) is 5.24. The largest absolute Gasteiger partial charge is 0.356 e. The molecule has 1 aliphatic carbocycles. The molecule has 0 fully saturated rings. The molecule has 2 aliphatic rings. The lowest BCUT2D eigenvalue weighted by atomic mass is 9.68. The number of carbonyl (C=O) groups excluding carboxylic acids is 1. The Morgan fingerprint density at radius 3 is 2.55 bits per heavy atom. The van der Waals surface area contributed by atoms with Crippen molar-refractivity contribution < 1.29 is 4.79 Å². The highest BCUT2D eigenvalue weighted by molar-refractivity contribution is 6.25. The van der Waals surface area contributed by atoms with E-state index in [1.54, 1.807) is 0 Å². The molecule has 1 N–H and O–H groups in total. The van der Waals surface area contributed by atoms with Crippen LogP contribution in [0.5, 0.6) is 0 Å². The van der Waals surface area contributed by atoms with Crippen molar-refractivity contribution in [3.63, 3.8) is 0 Å². The summed E-state index contributed by atoms with van der Waals surface area (Å²) >= 11 is 0. The summed E-state index contributed by atoms with van der Waals surface area (Å²) in [7, 11) is 0. The molecule has 0 radical (unpaired) electrons. The molecule has 1 aromatic rings. The number of ketones is 1. The first-order valence-electron chi connectivity index (χ1n) is 8.32. The number of Topliss-reactive ketones (excluding diaryl/α,β-unsaturated/α-hetero) is 1. The second kappa shape index (κ2) is 5.71. The quantitative estimate of drug-likeness (QED) is 0.851. The van der Waals surface area contributed by atoms with Crippen molar-refractivity contribution in [3.8, 4) is 0 Å². The molecule has 0 bridgehead atoms. The molecule has 3 nitrogen and oxygen atoms in total. The van der Waals surface area contributed by atoms with Crippen LogP contribution >= 0.6 is 0 Å². The molecule has 3 heteroatoms. The lowest BCUT2D eigenvalue weighted by molar-refractivity contribution is -0.118. The van der Waals surface area contributed by atoms with E-state index in [1.807, 2.05) is 24.3 Å². The minimum Gasteiger partial charge on any atom is -0.356 e. The van der Waals surface area contributed by atoms with E-state index in [0.717, 1.165) is 54.0 Å². The number of fused-ring (bicyclic) bond motifs is 1. The van der Waals surface area contributed by atoms with Crippen molar-refractivity contribution >= 4 is 22.9 Å². The van der Waals surface area contributed by atoms with E-state index in [1.165, 1.54) is 0 Å². The molecule has 1 heterocycles. The predicted octanol–water partition coefficient (Wildman–Crippen LogP) is 5.02. The highest BCUT2D eigenvalue weighted by atomic mass is 16.1. The molecule has 0 amide bonds. The van der Waals surface area contributed by atoms with Gasteiger partial charge in [-0.25, -0.2) is 0 Å². The van der Waals surface area contributed by atoms with E-state index < -0.39 is 0 Å². The van der Waals surface area contributed by atoms with Gasteiger partial charge in [-0.3, -0.25) is 9.79 Å². The van der Waals surface area contributed by atoms with Crippen molar-refractivity contribution in [3.05, 3.63) is 35.5 Å². The fourth-order valence-electron chi connectivity index (χ4n) is 3.61. The molecule has 3 rings (SSSR count). The number of hydrogen-bond donors (Lipinski definition) is 1. The van der Waals surface area contributed by atoms with E-state index in [4.69, 9.17) is 4.99 Å². The standard InChI is InChI=1S/C19H24N2O/c1-4-13-18-16(11-19(5-2,6-3)12-17(18)22)21-15-10-8-7-9-14(15)20-13/h7-10,21H,4-6,11-12H2,1-3H3. The Labute approximate surface area is 132 Å². The highest BCUT2D eigenvalue weighted by Gasteiger charge is 2.39. The van der Waals surface area contributed by atoms with Crippen molar-refractivity contribution in [1.82, 2.24) is 0 Å². The maximum Gasteiger partial charge on any atom is 0.167 e. The Balaban J connectivity index is 2.13. The Morgan fingerprint density at radius 1 is 1.14 bits per heavy atom. The van der Waals surface area contributed by atoms with Crippen LogP contribution in [0.25, 0.3) is 0 Å². The maximum absolute atomic E-state index is 12.9. The molecule has 0 aromatic heterocycles. The van der Waals surface area contributed by atoms with Crippen molar-refractivity contribution in [1.29, 1.82) is 0 Å². The normalized spacial score (nSPS) is 19.8. The van der Waals surface area contributed by atoms with Gasteiger partial charge >= 0.3 is 0 Å². The molecule has 22 heavy (non-hydrogen) atoms. The summed E-state index contributed by atoms with van der Waals surface area (Å²) in [5, 5.41) is 3.52. The number of nitrogens with zero attached hydrogens (tertiary/aromatic N) is 1. The Kier molecular flexibility index (Phi) is 3.90. The van der Waals surface area contributed by atoms with Gasteiger partial charge in [-0.1, -0.05) is 32.9 Å². The smallest absolute Gasteiger partial charge is 0.167 e. The number of rotatable bonds is 3. The average molecular weight is 296 g/mol. The molecule has 0 saturated carbocycles. The Morgan fingerprint density at radius 2 is 1.86 bits per heavy atom. The zero-order valence-electron chi connectivity index (χ0n) is 13.7. The van der Waals surface area contributed by atoms with E-state index in [2.05, 4.69) is 26.1 Å². The number of anilines is 1. The zero-order chi connectivity index (χ0) is 15.7. The number of para-hydroxylation sites is 2. The van der Waals surface area contributed by atoms with Crippen molar-refractivity contribution in [2.24, 2.45) is 10.4 Å². The molecule has 1 aliphatic heterocycles. The van der Waals surface area contributed by atoms with Crippen LogP contribution in [-0.2, 0) is 4.79 Å². The monoisotopic (exact) mass is 296 g/mol. The van der Waals surface area contributed by atoms with Gasteiger partial charge in [0.2, 0.25) is 0 Å². The summed E-state index contributed by atoms with van der Waals surface area (Å²) in [6, 6.07) is 8.05. The van der Waals surface area contributed by atoms with Gasteiger partial charge < -0.3 is 5.32 Å². The second-order valence-electron chi connectivity index (χ2n) is 6.39. The van der Waals surface area contributed by atoms with E-state index in [0.29, 0.717) is 6.42 Å². The van der Waals surface area contributed by atoms with Gasteiger partial charge in [-0.15, -0.1) is 0 Å². The molecular weight excluding hydrogens is 272 g/mol. The van der Waals surface area contributed by atoms with E-state index in [-0.39, 0.29) is 11.2 Å². The van der Waals surface area contributed by atoms with Gasteiger partial charge in [0.05, 0.1) is 22.7 Å². The van der Waals surface area contributed by atoms with Crippen LogP contribution < -0.4 is 5.32 Å². The molecular formula is C19H24N2O. The number of aliphatic imine (C=N–C) groups is 1. The highest BCUT2D eigenvalue weighted by Crippen LogP contribution is 2.45. The SMILES string of the molecule is CCC1=Nc2ccccc2NC2=C1C(=O)CC(CC)(CC)C2. The maximum atomic E-state index is 12.9. The van der Waals surface area contributed by atoms with Gasteiger partial charge in [0.1, 0.15) is 0 Å². The summed E-state index contributed by atoms with van der Waals surface area (Å²) in [5.41, 5.74) is 4.88. The summed E-state index contributed by atoms with van der Waals surface area (Å²) in [6.45, 7) is 6.47. The first-order valence-corrected chi connectivity index (χ1v) is 8.32.